The van der Waals surface area contributed by atoms with Crippen molar-refractivity contribution in [2.24, 2.45) is 0 Å². The van der Waals surface area contributed by atoms with Gasteiger partial charge >= 0.3 is 0 Å². The number of ether oxygens (including phenoxy) is 1. The van der Waals surface area contributed by atoms with Crippen LogP contribution in [-0.2, 0) is 16.1 Å². The largest absolute Gasteiger partial charge is 0.383 e. The summed E-state index contributed by atoms with van der Waals surface area (Å²) in [6.07, 6.45) is 4.58. The molecule has 1 aliphatic carbocycles. The summed E-state index contributed by atoms with van der Waals surface area (Å²) in [6, 6.07) is 10.3. The van der Waals surface area contributed by atoms with E-state index in [4.69, 9.17) is 9.72 Å². The normalized spacial score (nSPS) is 17.4. The third kappa shape index (κ3) is 4.45. The number of nitrogens with one attached hydrogen (secondary N) is 1. The Balaban J connectivity index is 1.76. The molecule has 0 spiro atoms. The number of carbonyl (C=O) groups is 1. The van der Waals surface area contributed by atoms with Crippen molar-refractivity contribution in [1.82, 2.24) is 14.9 Å². The number of para-hydroxylation sites is 2. The number of hydrogen-bond acceptors (Lipinski definition) is 5. The standard InChI is InChI=1S/C20H26N4O2S/c1-15(18(25)23-20(14-21)10-6-3-7-11-20)27-19-22-16-8-4-5-9-17(16)24(19)12-13-26-2/h4-5,8-9,15H,3,6-7,10-13H2,1-2H3,(H,23,25). The van der Waals surface area contributed by atoms with Gasteiger partial charge in [0.1, 0.15) is 5.54 Å². The Morgan fingerprint density at radius 3 is 2.85 bits per heavy atom. The fourth-order valence-electron chi connectivity index (χ4n) is 3.51. The van der Waals surface area contributed by atoms with E-state index in [2.05, 4.69) is 16.0 Å². The molecule has 1 unspecified atom stereocenters. The molecule has 1 amide bonds. The van der Waals surface area contributed by atoms with Crippen molar-refractivity contribution in [2.75, 3.05) is 13.7 Å². The van der Waals surface area contributed by atoms with Crippen LogP contribution in [0.15, 0.2) is 29.4 Å². The van der Waals surface area contributed by atoms with Gasteiger partial charge in [-0.3, -0.25) is 4.79 Å². The predicted molar refractivity (Wildman–Crippen MR) is 106 cm³/mol. The molecule has 1 atom stereocenters. The first-order valence-corrected chi connectivity index (χ1v) is 10.3. The summed E-state index contributed by atoms with van der Waals surface area (Å²) >= 11 is 1.43. The Bertz CT molecular complexity index is 836. The number of fused-ring (bicyclic) bond motifs is 1. The van der Waals surface area contributed by atoms with E-state index in [9.17, 15) is 10.1 Å². The van der Waals surface area contributed by atoms with Gasteiger partial charge in [0.05, 0.1) is 29.0 Å². The third-order valence-electron chi connectivity index (χ3n) is 5.07. The van der Waals surface area contributed by atoms with Crippen molar-refractivity contribution in [3.63, 3.8) is 0 Å². The van der Waals surface area contributed by atoms with Crippen molar-refractivity contribution in [3.8, 4) is 6.07 Å². The highest BCUT2D eigenvalue weighted by atomic mass is 32.2. The molecule has 0 saturated heterocycles. The van der Waals surface area contributed by atoms with E-state index in [1.165, 1.54) is 11.8 Å². The first-order valence-electron chi connectivity index (χ1n) is 9.43. The highest BCUT2D eigenvalue weighted by molar-refractivity contribution is 8.00. The van der Waals surface area contributed by atoms with Gasteiger partial charge < -0.3 is 14.6 Å². The average molecular weight is 387 g/mol. The van der Waals surface area contributed by atoms with Crippen LogP contribution < -0.4 is 5.32 Å². The number of carbonyl (C=O) groups excluding carboxylic acids is 1. The molecule has 0 bridgehead atoms. The van der Waals surface area contributed by atoms with Gasteiger partial charge in [-0.05, 0) is 31.9 Å². The van der Waals surface area contributed by atoms with Crippen molar-refractivity contribution < 1.29 is 9.53 Å². The minimum Gasteiger partial charge on any atom is -0.383 e. The molecule has 0 aliphatic heterocycles. The maximum atomic E-state index is 12.8. The van der Waals surface area contributed by atoms with Crippen LogP contribution >= 0.6 is 11.8 Å². The zero-order valence-corrected chi connectivity index (χ0v) is 16.7. The first kappa shape index (κ1) is 19.7. The van der Waals surface area contributed by atoms with E-state index in [1.54, 1.807) is 7.11 Å². The number of amides is 1. The van der Waals surface area contributed by atoms with Crippen LogP contribution in [0.3, 0.4) is 0 Å². The van der Waals surface area contributed by atoms with Gasteiger partial charge in [0.15, 0.2) is 5.16 Å². The van der Waals surface area contributed by atoms with Gasteiger partial charge in [0.25, 0.3) is 0 Å². The number of thioether (sulfide) groups is 1. The zero-order valence-electron chi connectivity index (χ0n) is 15.9. The highest BCUT2D eigenvalue weighted by Gasteiger charge is 2.35. The lowest BCUT2D eigenvalue weighted by atomic mass is 9.83. The molecule has 1 aromatic heterocycles. The maximum absolute atomic E-state index is 12.8. The molecule has 1 fully saturated rings. The van der Waals surface area contributed by atoms with Crippen LogP contribution in [-0.4, -0.2) is 40.0 Å². The molecule has 1 N–H and O–H groups in total. The molecule has 1 aromatic carbocycles. The number of imidazole rings is 1. The van der Waals surface area contributed by atoms with E-state index in [0.717, 1.165) is 48.3 Å². The van der Waals surface area contributed by atoms with Crippen LogP contribution in [0.5, 0.6) is 0 Å². The second-order valence-electron chi connectivity index (χ2n) is 7.03. The molecule has 6 nitrogen and oxygen atoms in total. The Kier molecular flexibility index (Phi) is 6.40. The zero-order chi connectivity index (χ0) is 19.3. The summed E-state index contributed by atoms with van der Waals surface area (Å²) in [5.74, 6) is -0.103. The number of hydrogen-bond donors (Lipinski definition) is 1. The van der Waals surface area contributed by atoms with Crippen molar-refractivity contribution in [3.05, 3.63) is 24.3 Å². The molecule has 0 radical (unpaired) electrons. The quantitative estimate of drug-likeness (QED) is 0.737. The molecule has 1 heterocycles. The number of aromatic nitrogens is 2. The topological polar surface area (TPSA) is 79.9 Å². The van der Waals surface area contributed by atoms with E-state index in [1.807, 2.05) is 31.2 Å². The van der Waals surface area contributed by atoms with Crippen LogP contribution in [0.2, 0.25) is 0 Å². The number of benzene rings is 1. The summed E-state index contributed by atoms with van der Waals surface area (Å²) in [5.41, 5.74) is 1.23. The molecule has 1 aliphatic rings. The first-order chi connectivity index (χ1) is 13.1. The van der Waals surface area contributed by atoms with Crippen molar-refractivity contribution in [1.29, 1.82) is 5.26 Å². The summed E-state index contributed by atoms with van der Waals surface area (Å²) in [7, 11) is 1.67. The van der Waals surface area contributed by atoms with Crippen LogP contribution in [0.25, 0.3) is 11.0 Å². The molecule has 27 heavy (non-hydrogen) atoms. The second-order valence-corrected chi connectivity index (χ2v) is 8.34. The van der Waals surface area contributed by atoms with E-state index < -0.39 is 5.54 Å². The fraction of sp³-hybridized carbons (Fsp3) is 0.550. The van der Waals surface area contributed by atoms with Gasteiger partial charge in [-0.2, -0.15) is 5.26 Å². The Hall–Kier alpha value is -2.04. The van der Waals surface area contributed by atoms with Gasteiger partial charge in [-0.15, -0.1) is 0 Å². The lowest BCUT2D eigenvalue weighted by Gasteiger charge is -2.32. The summed E-state index contributed by atoms with van der Waals surface area (Å²) in [4.78, 5) is 17.5. The lowest BCUT2D eigenvalue weighted by Crippen LogP contribution is -2.51. The summed E-state index contributed by atoms with van der Waals surface area (Å²) < 4.78 is 7.32. The Morgan fingerprint density at radius 1 is 1.41 bits per heavy atom. The number of nitriles is 1. The lowest BCUT2D eigenvalue weighted by molar-refractivity contribution is -0.121. The van der Waals surface area contributed by atoms with Crippen LogP contribution in [0.4, 0.5) is 0 Å². The molecule has 7 heteroatoms. The van der Waals surface area contributed by atoms with Crippen LogP contribution in [0, 0.1) is 11.3 Å². The SMILES string of the molecule is COCCn1c(SC(C)C(=O)NC2(C#N)CCCCC2)nc2ccccc21. The van der Waals surface area contributed by atoms with Crippen molar-refractivity contribution in [2.45, 2.75) is 61.5 Å². The molecule has 2 aromatic rings. The minimum atomic E-state index is -0.708. The molecule has 1 saturated carbocycles. The molecular formula is C20H26N4O2S. The predicted octanol–water partition coefficient (Wildman–Crippen LogP) is 3.51. The second kappa shape index (κ2) is 8.77. The fourth-order valence-corrected chi connectivity index (χ4v) is 4.46. The number of nitrogens with zero attached hydrogens (tertiary/aromatic N) is 3. The minimum absolute atomic E-state index is 0.103. The summed E-state index contributed by atoms with van der Waals surface area (Å²) in [5, 5.41) is 13.1. The number of rotatable bonds is 7. The average Bonchev–Trinajstić information content (AvgIpc) is 3.04. The summed E-state index contributed by atoms with van der Waals surface area (Å²) in [6.45, 7) is 3.12. The van der Waals surface area contributed by atoms with E-state index in [-0.39, 0.29) is 11.2 Å². The molecule has 144 valence electrons. The Morgan fingerprint density at radius 2 is 2.15 bits per heavy atom. The Labute approximate surface area is 164 Å². The van der Waals surface area contributed by atoms with Gasteiger partial charge in [0, 0.05) is 13.7 Å². The van der Waals surface area contributed by atoms with E-state index in [0.29, 0.717) is 13.2 Å². The van der Waals surface area contributed by atoms with Gasteiger partial charge in [-0.25, -0.2) is 4.98 Å². The van der Waals surface area contributed by atoms with Crippen LogP contribution in [0.1, 0.15) is 39.0 Å². The third-order valence-corrected chi connectivity index (χ3v) is 6.16. The van der Waals surface area contributed by atoms with Gasteiger partial charge in [0.2, 0.25) is 5.91 Å². The number of methoxy groups -OCH3 is 1. The molecular weight excluding hydrogens is 360 g/mol. The van der Waals surface area contributed by atoms with Gasteiger partial charge in [-0.1, -0.05) is 43.2 Å². The maximum Gasteiger partial charge on any atom is 0.234 e. The molecule has 3 rings (SSSR count). The monoisotopic (exact) mass is 386 g/mol. The van der Waals surface area contributed by atoms with E-state index >= 15 is 0 Å². The smallest absolute Gasteiger partial charge is 0.234 e. The van der Waals surface area contributed by atoms with Crippen molar-refractivity contribution >= 4 is 28.7 Å². The highest BCUT2D eigenvalue weighted by Crippen LogP contribution is 2.30.